The third-order valence-corrected chi connectivity index (χ3v) is 14.1. The molecule has 12 nitrogen and oxygen atoms in total. The Morgan fingerprint density at radius 1 is 0.227 bits per heavy atom. The molecule has 0 aromatic heterocycles. The monoisotopic (exact) mass is 1060 g/mol. The molecular weight excluding hydrogens is 949 g/mol. The molecule has 0 saturated carbocycles. The van der Waals surface area contributed by atoms with Crippen LogP contribution < -0.4 is 0 Å². The highest BCUT2D eigenvalue weighted by atomic mass is 16.6. The fraction of sp³-hybridized carbons (Fsp3) is 0.905. The van der Waals surface area contributed by atoms with Crippen molar-refractivity contribution >= 4 is 35.8 Å². The maximum Gasteiger partial charge on any atom is 0.306 e. The van der Waals surface area contributed by atoms with Gasteiger partial charge >= 0.3 is 35.8 Å². The second-order valence-corrected chi connectivity index (χ2v) is 21.5. The van der Waals surface area contributed by atoms with Gasteiger partial charge in [0.05, 0.1) is 13.2 Å². The first-order chi connectivity index (χ1) is 36.5. The predicted molar refractivity (Wildman–Crippen MR) is 303 cm³/mol. The van der Waals surface area contributed by atoms with Crippen molar-refractivity contribution in [3.8, 4) is 0 Å². The molecule has 0 fully saturated rings. The fourth-order valence-electron chi connectivity index (χ4n) is 9.37. The lowest BCUT2D eigenvalue weighted by molar-refractivity contribution is -0.154. The van der Waals surface area contributed by atoms with E-state index in [1.807, 2.05) is 0 Å². The van der Waals surface area contributed by atoms with Gasteiger partial charge in [-0.05, 0) is 116 Å². The second-order valence-electron chi connectivity index (χ2n) is 21.5. The number of hydrogen-bond acceptors (Lipinski definition) is 12. The second kappa shape index (κ2) is 54.2. The summed E-state index contributed by atoms with van der Waals surface area (Å²) in [5, 5.41) is 0. The minimum atomic E-state index is -0.233. The largest absolute Gasteiger partial charge is 0.466 e. The van der Waals surface area contributed by atoms with Crippen LogP contribution in [0.4, 0.5) is 0 Å². The summed E-state index contributed by atoms with van der Waals surface area (Å²) in [5.41, 5.74) is 0. The number of esters is 6. The lowest BCUT2D eigenvalue weighted by Crippen LogP contribution is -2.23. The summed E-state index contributed by atoms with van der Waals surface area (Å²) in [7, 11) is 0. The van der Waals surface area contributed by atoms with E-state index in [-0.39, 0.29) is 73.4 Å². The van der Waals surface area contributed by atoms with Gasteiger partial charge in [0, 0.05) is 44.9 Å². The Hall–Kier alpha value is -3.18. The highest BCUT2D eigenvalue weighted by Gasteiger charge is 2.22. The first-order valence-corrected chi connectivity index (χ1v) is 31.6. The molecule has 4 unspecified atom stereocenters. The average Bonchev–Trinajstić information content (AvgIpc) is 3.38. The van der Waals surface area contributed by atoms with Gasteiger partial charge in [0.25, 0.3) is 0 Å². The first-order valence-electron chi connectivity index (χ1n) is 31.6. The average molecular weight is 1070 g/mol. The molecule has 0 amide bonds. The zero-order valence-electron chi connectivity index (χ0n) is 49.4. The number of carbonyl (C=O) groups is 6. The van der Waals surface area contributed by atoms with E-state index in [1.54, 1.807) is 0 Å². The van der Waals surface area contributed by atoms with Crippen molar-refractivity contribution in [2.45, 2.75) is 355 Å². The van der Waals surface area contributed by atoms with Gasteiger partial charge < -0.3 is 28.4 Å². The number of unbranched alkanes of at least 4 members (excludes halogenated alkanes) is 22. The molecule has 0 bridgehead atoms. The molecule has 4 atom stereocenters. The molecule has 0 saturated heterocycles. The number of hydrogen-bond donors (Lipinski definition) is 0. The van der Waals surface area contributed by atoms with Gasteiger partial charge in [0.1, 0.15) is 24.4 Å². The molecule has 0 radical (unpaired) electrons. The number of rotatable bonds is 56. The first kappa shape index (κ1) is 71.8. The third kappa shape index (κ3) is 48.9. The molecule has 0 aliphatic carbocycles. The predicted octanol–water partition coefficient (Wildman–Crippen LogP) is 17.4. The van der Waals surface area contributed by atoms with Crippen LogP contribution in [0.1, 0.15) is 330 Å². The molecule has 0 aliphatic rings. The Kier molecular flexibility index (Phi) is 51.9. The van der Waals surface area contributed by atoms with Crippen LogP contribution in [0.5, 0.6) is 0 Å². The van der Waals surface area contributed by atoms with Crippen LogP contribution in [0, 0.1) is 0 Å². The van der Waals surface area contributed by atoms with Crippen molar-refractivity contribution in [1.29, 1.82) is 0 Å². The van der Waals surface area contributed by atoms with E-state index >= 15 is 0 Å². The van der Waals surface area contributed by atoms with Crippen LogP contribution in [-0.2, 0) is 57.2 Å². The van der Waals surface area contributed by atoms with Gasteiger partial charge in [0.2, 0.25) is 0 Å². The Morgan fingerprint density at radius 2 is 0.427 bits per heavy atom. The highest BCUT2D eigenvalue weighted by molar-refractivity contribution is 5.71. The summed E-state index contributed by atoms with van der Waals surface area (Å²) in [6.07, 6.45) is 38.1. The zero-order valence-corrected chi connectivity index (χ0v) is 49.4. The standard InChI is InChI=1S/C63H116O12/c1-7-13-19-31-38-54(72-60(66)44-27-15-9-3)48-50-56(74-62(68)46-29-17-11-5)40-33-23-21-25-35-42-58(64)70-52-37-53-71-59(65)43-36-26-22-24-34-41-57(75-63(69)47-30-18-12-6)51-49-55(39-32-20-14-8-2)73-61(67)45-28-16-10-4/h54-57H,7-53H2,1-6H3. The van der Waals surface area contributed by atoms with E-state index in [0.717, 1.165) is 205 Å². The molecule has 0 aromatic rings. The van der Waals surface area contributed by atoms with Crippen molar-refractivity contribution in [2.24, 2.45) is 0 Å². The van der Waals surface area contributed by atoms with Crippen LogP contribution in [0.15, 0.2) is 0 Å². The quantitative estimate of drug-likeness (QED) is 0.0323. The summed E-state index contributed by atoms with van der Waals surface area (Å²) < 4.78 is 34.8. The smallest absolute Gasteiger partial charge is 0.306 e. The van der Waals surface area contributed by atoms with E-state index in [0.29, 0.717) is 70.6 Å². The lowest BCUT2D eigenvalue weighted by atomic mass is 9.99. The molecule has 0 N–H and O–H groups in total. The maximum absolute atomic E-state index is 12.7. The fourth-order valence-corrected chi connectivity index (χ4v) is 9.37. The summed E-state index contributed by atoms with van der Waals surface area (Å²) in [6, 6.07) is 0. The normalized spacial score (nSPS) is 12.9. The van der Waals surface area contributed by atoms with Gasteiger partial charge in [-0.25, -0.2) is 0 Å². The molecular formula is C63H116O12. The summed E-state index contributed by atoms with van der Waals surface area (Å²) in [6.45, 7) is 13.3. The van der Waals surface area contributed by atoms with Crippen LogP contribution in [0.25, 0.3) is 0 Å². The minimum absolute atomic E-state index is 0.113. The van der Waals surface area contributed by atoms with Crippen molar-refractivity contribution in [1.82, 2.24) is 0 Å². The molecule has 0 rings (SSSR count). The van der Waals surface area contributed by atoms with Crippen molar-refractivity contribution in [3.63, 3.8) is 0 Å². The minimum Gasteiger partial charge on any atom is -0.466 e. The van der Waals surface area contributed by atoms with E-state index in [1.165, 1.54) is 12.8 Å². The summed E-state index contributed by atoms with van der Waals surface area (Å²) in [5.74, 6) is -0.960. The van der Waals surface area contributed by atoms with Crippen LogP contribution >= 0.6 is 0 Å². The summed E-state index contributed by atoms with van der Waals surface area (Å²) >= 11 is 0. The molecule has 0 heterocycles. The van der Waals surface area contributed by atoms with Gasteiger partial charge in [-0.3, -0.25) is 28.8 Å². The molecule has 0 aromatic carbocycles. The van der Waals surface area contributed by atoms with Gasteiger partial charge in [-0.1, -0.05) is 170 Å². The highest BCUT2D eigenvalue weighted by Crippen LogP contribution is 2.23. The third-order valence-electron chi connectivity index (χ3n) is 14.1. The van der Waals surface area contributed by atoms with E-state index in [9.17, 15) is 28.8 Å². The van der Waals surface area contributed by atoms with Crippen molar-refractivity contribution < 1.29 is 57.2 Å². The van der Waals surface area contributed by atoms with Crippen LogP contribution in [-0.4, -0.2) is 73.4 Å². The van der Waals surface area contributed by atoms with Gasteiger partial charge in [-0.15, -0.1) is 0 Å². The molecule has 440 valence electrons. The maximum atomic E-state index is 12.7. The Bertz CT molecular complexity index is 1270. The Morgan fingerprint density at radius 3 is 0.693 bits per heavy atom. The molecule has 0 aliphatic heterocycles. The SMILES string of the molecule is CCCCCCC(CCC(CCCCCCCC(=O)OCCCOC(=O)CCCCCCCC(CCC(CCCCCC)OC(=O)CCCCC)OC(=O)CCCCC)OC(=O)CCCCC)OC(=O)CCCCC. The van der Waals surface area contributed by atoms with Crippen LogP contribution in [0.2, 0.25) is 0 Å². The lowest BCUT2D eigenvalue weighted by Gasteiger charge is -2.22. The summed E-state index contributed by atoms with van der Waals surface area (Å²) in [4.78, 5) is 75.6. The topological polar surface area (TPSA) is 158 Å². The van der Waals surface area contributed by atoms with Crippen molar-refractivity contribution in [2.75, 3.05) is 13.2 Å². The number of ether oxygens (including phenoxy) is 6. The number of carbonyl (C=O) groups excluding carboxylic acids is 6. The van der Waals surface area contributed by atoms with Crippen LogP contribution in [0.3, 0.4) is 0 Å². The Labute approximate surface area is 459 Å². The van der Waals surface area contributed by atoms with E-state index in [2.05, 4.69) is 41.5 Å². The molecule has 0 spiro atoms. The van der Waals surface area contributed by atoms with E-state index in [4.69, 9.17) is 28.4 Å². The van der Waals surface area contributed by atoms with Crippen molar-refractivity contribution in [3.05, 3.63) is 0 Å². The Balaban J connectivity index is 4.57. The zero-order chi connectivity index (χ0) is 55.3. The van der Waals surface area contributed by atoms with E-state index < -0.39 is 0 Å². The van der Waals surface area contributed by atoms with Gasteiger partial charge in [-0.2, -0.15) is 0 Å². The molecule has 12 heteroatoms. The molecule has 75 heavy (non-hydrogen) atoms. The van der Waals surface area contributed by atoms with Gasteiger partial charge in [0.15, 0.2) is 0 Å².